The lowest BCUT2D eigenvalue weighted by atomic mass is 10.1. The number of fused-ring (bicyclic) bond motifs is 1. The first kappa shape index (κ1) is 24.0. The Balaban J connectivity index is 1.75. The van der Waals surface area contributed by atoms with Gasteiger partial charge in [-0.25, -0.2) is 4.79 Å². The van der Waals surface area contributed by atoms with Crippen molar-refractivity contribution >= 4 is 34.7 Å². The first-order valence-electron chi connectivity index (χ1n) is 10.8. The Morgan fingerprint density at radius 1 is 1.17 bits per heavy atom. The molecule has 1 aliphatic rings. The van der Waals surface area contributed by atoms with Gasteiger partial charge in [0.15, 0.2) is 0 Å². The summed E-state index contributed by atoms with van der Waals surface area (Å²) >= 11 is 0. The van der Waals surface area contributed by atoms with E-state index in [0.29, 0.717) is 36.3 Å². The number of hydrogen-bond donors (Lipinski definition) is 2. The zero-order valence-electron chi connectivity index (χ0n) is 18.3. The van der Waals surface area contributed by atoms with Crippen LogP contribution in [0.2, 0.25) is 0 Å². The van der Waals surface area contributed by atoms with Gasteiger partial charge < -0.3 is 19.4 Å². The van der Waals surface area contributed by atoms with E-state index in [0.717, 1.165) is 18.2 Å². The molecule has 12 heteroatoms. The number of carboxylic acid groups (broad SMARTS) is 1. The minimum absolute atomic E-state index is 0.0474. The molecule has 0 spiro atoms. The monoisotopic (exact) mass is 490 g/mol. The highest BCUT2D eigenvalue weighted by Gasteiger charge is 2.31. The van der Waals surface area contributed by atoms with Gasteiger partial charge in [-0.05, 0) is 49.2 Å². The minimum Gasteiger partial charge on any atom is -0.481 e. The van der Waals surface area contributed by atoms with Gasteiger partial charge in [-0.15, -0.1) is 0 Å². The Bertz CT molecular complexity index is 1360. The van der Waals surface area contributed by atoms with Crippen LogP contribution >= 0.6 is 0 Å². The second-order valence-corrected chi connectivity index (χ2v) is 7.91. The summed E-state index contributed by atoms with van der Waals surface area (Å²) in [4.78, 5) is 44.2. The summed E-state index contributed by atoms with van der Waals surface area (Å²) in [5, 5.41) is 8.98. The summed E-state index contributed by atoms with van der Waals surface area (Å²) in [6.07, 6.45) is -4.33. The normalized spacial score (nSPS) is 14.9. The largest absolute Gasteiger partial charge is 0.481 e. The van der Waals surface area contributed by atoms with Crippen molar-refractivity contribution in [3.8, 4) is 0 Å². The molecular formula is C23H21F3N4O5. The maximum atomic E-state index is 13.0. The summed E-state index contributed by atoms with van der Waals surface area (Å²) in [7, 11) is 0. The number of aryl methyl sites for hydroxylation is 1. The zero-order valence-corrected chi connectivity index (χ0v) is 18.3. The number of alkyl halides is 3. The average molecular weight is 490 g/mol. The molecule has 2 heterocycles. The van der Waals surface area contributed by atoms with E-state index in [9.17, 15) is 27.6 Å². The molecule has 1 aliphatic heterocycles. The van der Waals surface area contributed by atoms with E-state index < -0.39 is 29.7 Å². The van der Waals surface area contributed by atoms with Gasteiger partial charge in [-0.1, -0.05) is 6.07 Å². The number of hydrogen-bond acceptors (Lipinski definition) is 4. The van der Waals surface area contributed by atoms with Crippen molar-refractivity contribution in [2.45, 2.75) is 32.0 Å². The number of halogens is 3. The van der Waals surface area contributed by atoms with Gasteiger partial charge in [0.25, 0.3) is 5.91 Å². The van der Waals surface area contributed by atoms with E-state index >= 15 is 0 Å². The third kappa shape index (κ3) is 5.36. The average Bonchev–Trinajstić information content (AvgIpc) is 3.15. The number of imidazole rings is 1. The van der Waals surface area contributed by atoms with Crippen LogP contribution in [0.4, 0.5) is 23.7 Å². The number of nitrogens with zero attached hydrogens (tertiary/aromatic N) is 3. The van der Waals surface area contributed by atoms with Gasteiger partial charge in [-0.2, -0.15) is 18.2 Å². The first-order valence-corrected chi connectivity index (χ1v) is 10.8. The molecule has 2 aromatic carbocycles. The highest BCUT2D eigenvalue weighted by atomic mass is 19.4. The molecule has 1 saturated heterocycles. The molecule has 0 bridgehead atoms. The predicted molar refractivity (Wildman–Crippen MR) is 118 cm³/mol. The van der Waals surface area contributed by atoms with Crippen molar-refractivity contribution in [2.24, 2.45) is 4.99 Å². The van der Waals surface area contributed by atoms with Gasteiger partial charge >= 0.3 is 18.2 Å². The molecule has 3 aromatic rings. The van der Waals surface area contributed by atoms with E-state index in [1.54, 1.807) is 22.8 Å². The molecule has 0 saturated carbocycles. The number of nitrogens with one attached hydrogen (secondary N) is 1. The molecule has 1 aromatic heterocycles. The Kier molecular flexibility index (Phi) is 6.63. The highest BCUT2D eigenvalue weighted by molar-refractivity contribution is 5.95. The summed E-state index contributed by atoms with van der Waals surface area (Å²) in [6.45, 7) is 0.991. The quantitative estimate of drug-likeness (QED) is 0.543. The first-order chi connectivity index (χ1) is 16.6. The number of ether oxygens (including phenoxy) is 1. The van der Waals surface area contributed by atoms with Crippen LogP contribution in [0.15, 0.2) is 47.5 Å². The molecule has 184 valence electrons. The predicted octanol–water partition coefficient (Wildman–Crippen LogP) is 3.94. The third-order valence-electron chi connectivity index (χ3n) is 5.47. The number of carboxylic acids is 1. The maximum Gasteiger partial charge on any atom is 0.416 e. The van der Waals surface area contributed by atoms with Crippen LogP contribution in [-0.2, 0) is 22.3 Å². The highest BCUT2D eigenvalue weighted by Crippen LogP contribution is 2.29. The van der Waals surface area contributed by atoms with Crippen molar-refractivity contribution in [2.75, 3.05) is 18.1 Å². The fourth-order valence-corrected chi connectivity index (χ4v) is 3.81. The van der Waals surface area contributed by atoms with E-state index in [1.165, 1.54) is 11.0 Å². The second-order valence-electron chi connectivity index (χ2n) is 7.91. The fourth-order valence-electron chi connectivity index (χ4n) is 3.81. The van der Waals surface area contributed by atoms with Crippen LogP contribution in [0.25, 0.3) is 11.0 Å². The number of aromatic nitrogens is 2. The van der Waals surface area contributed by atoms with E-state index in [2.05, 4.69) is 9.98 Å². The van der Waals surface area contributed by atoms with Crippen LogP contribution in [-0.4, -0.2) is 45.8 Å². The summed E-state index contributed by atoms with van der Waals surface area (Å²) in [6, 6.07) is 9.00. The number of carbonyl (C=O) groups excluding carboxylic acids is 2. The third-order valence-corrected chi connectivity index (χ3v) is 5.47. The Morgan fingerprint density at radius 3 is 2.69 bits per heavy atom. The number of aliphatic carboxylic acids is 1. The molecule has 0 unspecified atom stereocenters. The topological polar surface area (TPSA) is 117 Å². The number of cyclic esters (lactones) is 1. The molecule has 2 amide bonds. The standard InChI is InChI=1S/C23H21F3N4O5/c24-23(25,26)15-5-1-4-14(12-15)20(33)28-21-27-17-13-16(29-10-3-11-35-22(29)34)7-8-18(17)30(21)9-2-6-19(31)32/h1,4-5,7-8,12-13H,2-3,6,9-11H2,(H,31,32)(H,27,28,33). The number of carbonyl (C=O) groups is 3. The van der Waals surface area contributed by atoms with Crippen molar-refractivity contribution in [3.05, 3.63) is 59.2 Å². The van der Waals surface area contributed by atoms with E-state index in [1.807, 2.05) is 0 Å². The number of H-pyrrole nitrogens is 1. The van der Waals surface area contributed by atoms with Crippen molar-refractivity contribution in [3.63, 3.8) is 0 Å². The molecule has 35 heavy (non-hydrogen) atoms. The van der Waals surface area contributed by atoms with Crippen molar-refractivity contribution in [1.82, 2.24) is 9.55 Å². The lowest BCUT2D eigenvalue weighted by molar-refractivity contribution is -0.138. The van der Waals surface area contributed by atoms with Crippen LogP contribution in [0.1, 0.15) is 35.2 Å². The molecule has 1 fully saturated rings. The molecule has 4 rings (SSSR count). The Morgan fingerprint density at radius 2 is 1.97 bits per heavy atom. The zero-order chi connectivity index (χ0) is 25.2. The number of amides is 2. The molecule has 9 nitrogen and oxygen atoms in total. The van der Waals surface area contributed by atoms with Gasteiger partial charge in [0, 0.05) is 30.8 Å². The summed E-state index contributed by atoms with van der Waals surface area (Å²) in [5.41, 5.74) is 0.477. The number of aromatic amines is 1. The lowest BCUT2D eigenvalue weighted by Gasteiger charge is -2.26. The molecular weight excluding hydrogens is 469 g/mol. The van der Waals surface area contributed by atoms with Crippen LogP contribution in [0, 0.1) is 0 Å². The number of rotatable bonds is 6. The van der Waals surface area contributed by atoms with E-state index in [-0.39, 0.29) is 30.6 Å². The molecule has 0 atom stereocenters. The Hall–Kier alpha value is -4.09. The molecule has 0 radical (unpaired) electrons. The van der Waals surface area contributed by atoms with Crippen LogP contribution in [0.5, 0.6) is 0 Å². The maximum absolute atomic E-state index is 13.0. The van der Waals surface area contributed by atoms with Crippen molar-refractivity contribution in [1.29, 1.82) is 0 Å². The van der Waals surface area contributed by atoms with Crippen LogP contribution < -0.4 is 10.5 Å². The molecule has 0 aliphatic carbocycles. The van der Waals surface area contributed by atoms with Gasteiger partial charge in [0.1, 0.15) is 0 Å². The minimum atomic E-state index is -4.61. The van der Waals surface area contributed by atoms with Gasteiger partial charge in [0.2, 0.25) is 5.62 Å². The van der Waals surface area contributed by atoms with Crippen molar-refractivity contribution < 1.29 is 37.4 Å². The van der Waals surface area contributed by atoms with Gasteiger partial charge in [0.05, 0.1) is 23.2 Å². The summed E-state index contributed by atoms with van der Waals surface area (Å²) < 4.78 is 45.8. The smallest absolute Gasteiger partial charge is 0.416 e. The Labute approximate surface area is 196 Å². The number of benzene rings is 2. The second kappa shape index (κ2) is 9.65. The SMILES string of the molecule is O=C(O)CCCn1/c(=N/C(=O)c2cccc(C(F)(F)F)c2)[nH]c2cc(N3CCCOC3=O)ccc21. The summed E-state index contributed by atoms with van der Waals surface area (Å²) in [5.74, 6) is -1.88. The number of anilines is 1. The fraction of sp³-hybridized carbons (Fsp3) is 0.304. The van der Waals surface area contributed by atoms with Gasteiger partial charge in [-0.3, -0.25) is 14.5 Å². The molecule has 2 N–H and O–H groups in total. The van der Waals surface area contributed by atoms with E-state index in [4.69, 9.17) is 9.84 Å². The lowest BCUT2D eigenvalue weighted by Crippen LogP contribution is -2.37. The van der Waals surface area contributed by atoms with Crippen LogP contribution in [0.3, 0.4) is 0 Å².